The van der Waals surface area contributed by atoms with Gasteiger partial charge in [0.25, 0.3) is 0 Å². The number of carbonyl (C=O) groups is 1. The number of benzene rings is 1. The summed E-state index contributed by atoms with van der Waals surface area (Å²) in [7, 11) is 0. The lowest BCUT2D eigenvalue weighted by Gasteiger charge is -2.06. The van der Waals surface area contributed by atoms with Gasteiger partial charge < -0.3 is 9.52 Å². The third kappa shape index (κ3) is 4.45. The van der Waals surface area contributed by atoms with Crippen molar-refractivity contribution in [3.63, 3.8) is 0 Å². The Kier molecular flexibility index (Phi) is 5.14. The molecule has 2 rings (SSSR count). The smallest absolute Gasteiger partial charge is 0.336 e. The molecule has 0 spiro atoms. The second kappa shape index (κ2) is 7.07. The highest BCUT2D eigenvalue weighted by Gasteiger charge is 2.04. The molecular formula is C17H20O4. The monoisotopic (exact) mass is 288 g/mol. The molecule has 0 atom stereocenters. The summed E-state index contributed by atoms with van der Waals surface area (Å²) in [4.78, 5) is 21.7. The van der Waals surface area contributed by atoms with Crippen molar-refractivity contribution in [1.82, 2.24) is 0 Å². The van der Waals surface area contributed by atoms with Crippen molar-refractivity contribution < 1.29 is 14.3 Å². The molecule has 0 bridgehead atoms. The number of aryl methyl sites for hydroxylation is 2. The van der Waals surface area contributed by atoms with E-state index >= 15 is 0 Å². The van der Waals surface area contributed by atoms with Gasteiger partial charge in [0.1, 0.15) is 5.58 Å². The minimum atomic E-state index is -0.727. The molecule has 1 heterocycles. The molecule has 0 aliphatic carbocycles. The van der Waals surface area contributed by atoms with Crippen LogP contribution in [0.3, 0.4) is 0 Å². The fourth-order valence-electron chi connectivity index (χ4n) is 2.53. The maximum Gasteiger partial charge on any atom is 0.336 e. The van der Waals surface area contributed by atoms with Crippen LogP contribution in [0.15, 0.2) is 33.5 Å². The first-order chi connectivity index (χ1) is 10.1. The van der Waals surface area contributed by atoms with Crippen LogP contribution in [0, 0.1) is 6.92 Å². The standard InChI is InChI=1S/C17H20O4/c1-12-10-13(6-4-2-3-5-7-16(18)19)11-15-14(12)8-9-17(20)21-15/h8-11H,2-7H2,1H3,(H,18,19). The number of hydrogen-bond donors (Lipinski definition) is 1. The van der Waals surface area contributed by atoms with Gasteiger partial charge >= 0.3 is 11.6 Å². The van der Waals surface area contributed by atoms with E-state index in [-0.39, 0.29) is 12.0 Å². The minimum Gasteiger partial charge on any atom is -0.481 e. The molecule has 0 aliphatic heterocycles. The fourth-order valence-corrected chi connectivity index (χ4v) is 2.53. The average molecular weight is 288 g/mol. The third-order valence-corrected chi connectivity index (χ3v) is 3.61. The number of hydrogen-bond acceptors (Lipinski definition) is 3. The Bertz CT molecular complexity index is 685. The zero-order valence-electron chi connectivity index (χ0n) is 12.2. The summed E-state index contributed by atoms with van der Waals surface area (Å²) in [5.74, 6) is -0.727. The highest BCUT2D eigenvalue weighted by molar-refractivity contribution is 5.80. The lowest BCUT2D eigenvalue weighted by Crippen LogP contribution is -1.97. The van der Waals surface area contributed by atoms with Crippen LogP contribution in [0.5, 0.6) is 0 Å². The summed E-state index contributed by atoms with van der Waals surface area (Å²) in [5, 5.41) is 9.54. The highest BCUT2D eigenvalue weighted by atomic mass is 16.4. The topological polar surface area (TPSA) is 67.5 Å². The van der Waals surface area contributed by atoms with Gasteiger partial charge in [-0.2, -0.15) is 0 Å². The van der Waals surface area contributed by atoms with Crippen LogP contribution in [0.2, 0.25) is 0 Å². The zero-order valence-corrected chi connectivity index (χ0v) is 12.2. The van der Waals surface area contributed by atoms with Crippen LogP contribution in [0.1, 0.15) is 43.2 Å². The van der Waals surface area contributed by atoms with E-state index < -0.39 is 5.97 Å². The molecule has 1 N–H and O–H groups in total. The summed E-state index contributed by atoms with van der Waals surface area (Å²) < 4.78 is 5.23. The highest BCUT2D eigenvalue weighted by Crippen LogP contribution is 2.20. The molecule has 0 aliphatic rings. The molecule has 4 heteroatoms. The number of aliphatic carboxylic acids is 1. The van der Waals surface area contributed by atoms with Crippen molar-refractivity contribution in [3.05, 3.63) is 45.8 Å². The van der Waals surface area contributed by atoms with Crippen molar-refractivity contribution in [2.75, 3.05) is 0 Å². The van der Waals surface area contributed by atoms with Crippen LogP contribution in [0.25, 0.3) is 11.0 Å². The van der Waals surface area contributed by atoms with Gasteiger partial charge in [0.05, 0.1) is 0 Å². The van der Waals surface area contributed by atoms with E-state index in [0.717, 1.165) is 48.6 Å². The molecule has 21 heavy (non-hydrogen) atoms. The van der Waals surface area contributed by atoms with Crippen molar-refractivity contribution in [2.45, 2.75) is 45.4 Å². The maximum absolute atomic E-state index is 11.3. The average Bonchev–Trinajstić information content (AvgIpc) is 2.41. The molecule has 1 aromatic carbocycles. The zero-order chi connectivity index (χ0) is 15.2. The Labute approximate surface area is 123 Å². The largest absolute Gasteiger partial charge is 0.481 e. The third-order valence-electron chi connectivity index (χ3n) is 3.61. The van der Waals surface area contributed by atoms with E-state index in [9.17, 15) is 9.59 Å². The molecule has 2 aromatic rings. The van der Waals surface area contributed by atoms with Crippen LogP contribution >= 0.6 is 0 Å². The molecule has 0 saturated carbocycles. The summed E-state index contributed by atoms with van der Waals surface area (Å²) >= 11 is 0. The van der Waals surface area contributed by atoms with Crippen LogP contribution in [0.4, 0.5) is 0 Å². The van der Waals surface area contributed by atoms with Gasteiger partial charge in [-0.3, -0.25) is 4.79 Å². The Morgan fingerprint density at radius 2 is 1.90 bits per heavy atom. The molecule has 1 aromatic heterocycles. The first-order valence-electron chi connectivity index (χ1n) is 7.31. The number of carboxylic acid groups (broad SMARTS) is 1. The van der Waals surface area contributed by atoms with Crippen LogP contribution in [-0.4, -0.2) is 11.1 Å². The van der Waals surface area contributed by atoms with Gasteiger partial charge in [-0.15, -0.1) is 0 Å². The van der Waals surface area contributed by atoms with Gasteiger partial charge in [0, 0.05) is 17.9 Å². The quantitative estimate of drug-likeness (QED) is 0.623. The number of rotatable bonds is 7. The first kappa shape index (κ1) is 15.3. The molecule has 0 fully saturated rings. The predicted molar refractivity (Wildman–Crippen MR) is 81.6 cm³/mol. The summed E-state index contributed by atoms with van der Waals surface area (Å²) in [6, 6.07) is 7.30. The molecule has 112 valence electrons. The second-order valence-electron chi connectivity index (χ2n) is 5.39. The van der Waals surface area contributed by atoms with Gasteiger partial charge in [0.2, 0.25) is 0 Å². The lowest BCUT2D eigenvalue weighted by atomic mass is 10.0. The predicted octanol–water partition coefficient (Wildman–Crippen LogP) is 3.68. The Hall–Kier alpha value is -2.10. The van der Waals surface area contributed by atoms with E-state index in [1.165, 1.54) is 6.07 Å². The molecular weight excluding hydrogens is 268 g/mol. The number of carboxylic acids is 1. The molecule has 0 radical (unpaired) electrons. The van der Waals surface area contributed by atoms with E-state index in [1.54, 1.807) is 6.07 Å². The van der Waals surface area contributed by atoms with Gasteiger partial charge in [-0.05, 0) is 49.4 Å². The lowest BCUT2D eigenvalue weighted by molar-refractivity contribution is -0.137. The molecule has 0 amide bonds. The summed E-state index contributed by atoms with van der Waals surface area (Å²) in [6.45, 7) is 2.01. The van der Waals surface area contributed by atoms with Crippen LogP contribution < -0.4 is 5.63 Å². The van der Waals surface area contributed by atoms with Crippen molar-refractivity contribution in [2.24, 2.45) is 0 Å². The van der Waals surface area contributed by atoms with Gasteiger partial charge in [-0.25, -0.2) is 4.79 Å². The van der Waals surface area contributed by atoms with Crippen molar-refractivity contribution >= 4 is 16.9 Å². The maximum atomic E-state index is 11.3. The summed E-state index contributed by atoms with van der Waals surface area (Å²) in [5.41, 5.74) is 2.58. The van der Waals surface area contributed by atoms with Crippen LogP contribution in [-0.2, 0) is 11.2 Å². The Morgan fingerprint density at radius 3 is 2.67 bits per heavy atom. The summed E-state index contributed by atoms with van der Waals surface area (Å²) in [6.07, 6.45) is 4.88. The Morgan fingerprint density at radius 1 is 1.14 bits per heavy atom. The van der Waals surface area contributed by atoms with E-state index in [4.69, 9.17) is 9.52 Å². The molecule has 0 saturated heterocycles. The number of fused-ring (bicyclic) bond motifs is 1. The van der Waals surface area contributed by atoms with Gasteiger partial charge in [0.15, 0.2) is 0 Å². The second-order valence-corrected chi connectivity index (χ2v) is 5.39. The molecule has 0 unspecified atom stereocenters. The number of unbranched alkanes of at least 4 members (excludes halogenated alkanes) is 3. The SMILES string of the molecule is Cc1cc(CCCCCCC(=O)O)cc2oc(=O)ccc12. The van der Waals surface area contributed by atoms with Crippen molar-refractivity contribution in [3.8, 4) is 0 Å². The Balaban J connectivity index is 1.93. The minimum absolute atomic E-state index is 0.250. The fraction of sp³-hybridized carbons (Fsp3) is 0.412. The normalized spacial score (nSPS) is 10.9. The van der Waals surface area contributed by atoms with Gasteiger partial charge in [-0.1, -0.05) is 18.9 Å². The van der Waals surface area contributed by atoms with Crippen molar-refractivity contribution in [1.29, 1.82) is 0 Å². The van der Waals surface area contributed by atoms with E-state index in [2.05, 4.69) is 6.07 Å². The molecule has 4 nitrogen and oxygen atoms in total. The first-order valence-corrected chi connectivity index (χ1v) is 7.31. The van der Waals surface area contributed by atoms with E-state index in [1.807, 2.05) is 13.0 Å². The van der Waals surface area contributed by atoms with E-state index in [0.29, 0.717) is 5.58 Å².